The molecule has 31 heavy (non-hydrogen) atoms. The summed E-state index contributed by atoms with van der Waals surface area (Å²) in [4.78, 5) is 37.4. The highest BCUT2D eigenvalue weighted by Gasteiger charge is 2.19. The first-order chi connectivity index (χ1) is 15.0. The molecule has 0 aliphatic carbocycles. The highest BCUT2D eigenvalue weighted by molar-refractivity contribution is 6.05. The average molecular weight is 417 g/mol. The van der Waals surface area contributed by atoms with E-state index in [0.717, 1.165) is 16.5 Å². The Morgan fingerprint density at radius 1 is 1.19 bits per heavy atom. The number of nitrogens with one attached hydrogen (secondary N) is 1. The van der Waals surface area contributed by atoms with Crippen molar-refractivity contribution >= 4 is 34.1 Å². The summed E-state index contributed by atoms with van der Waals surface area (Å²) in [5.74, 6) is 0.155. The summed E-state index contributed by atoms with van der Waals surface area (Å²) < 4.78 is 5.26. The predicted molar refractivity (Wildman–Crippen MR) is 118 cm³/mol. The maximum absolute atomic E-state index is 12.3. The summed E-state index contributed by atoms with van der Waals surface area (Å²) in [5, 5.41) is 4.17. The molecule has 8 heteroatoms. The van der Waals surface area contributed by atoms with Gasteiger partial charge in [0.25, 0.3) is 0 Å². The van der Waals surface area contributed by atoms with E-state index in [1.54, 1.807) is 24.7 Å². The molecule has 8 nitrogen and oxygen atoms in total. The number of pyridine rings is 3. The molecule has 3 aromatic rings. The van der Waals surface area contributed by atoms with E-state index < -0.39 is 5.91 Å². The van der Waals surface area contributed by atoms with Gasteiger partial charge >= 0.3 is 0 Å². The van der Waals surface area contributed by atoms with Crippen molar-refractivity contribution in [2.75, 3.05) is 24.3 Å². The Balaban J connectivity index is 1.53. The van der Waals surface area contributed by atoms with Crippen LogP contribution < -0.4 is 11.1 Å². The summed E-state index contributed by atoms with van der Waals surface area (Å²) in [6.45, 7) is 3.14. The minimum Gasteiger partial charge on any atom is -0.383 e. The number of carbonyl (C=O) groups is 2. The number of nitrogen functional groups attached to an aromatic ring is 1. The molecule has 0 atom stereocenters. The molecule has 0 saturated carbocycles. The zero-order chi connectivity index (χ0) is 21.8. The summed E-state index contributed by atoms with van der Waals surface area (Å²) in [5.41, 5.74) is 8.74. The topological polar surface area (TPSA) is 120 Å². The summed E-state index contributed by atoms with van der Waals surface area (Å²) in [6.07, 6.45) is 8.99. The van der Waals surface area contributed by atoms with Gasteiger partial charge in [0.1, 0.15) is 11.6 Å². The fourth-order valence-electron chi connectivity index (χ4n) is 3.56. The van der Waals surface area contributed by atoms with Crippen LogP contribution in [-0.2, 0) is 14.3 Å². The standard InChI is InChI=1S/C23H23N5O3/c1-14-4-7-25-12-17(14)19-10-16-11-21(26-13-18(16)23(24)27-19)28-22(30)3-2-20(29)15-5-8-31-9-6-15/h2-4,7,10-13,15H,5-6,8-9H2,1H3,(H2,24,27)(H,26,28,30)/b3-2-. The molecule has 158 valence electrons. The number of ether oxygens (including phenoxy) is 1. The third-order valence-electron chi connectivity index (χ3n) is 5.33. The Morgan fingerprint density at radius 3 is 2.77 bits per heavy atom. The number of nitrogens with zero attached hydrogens (tertiary/aromatic N) is 3. The molecule has 4 heterocycles. The first-order valence-corrected chi connectivity index (χ1v) is 10.1. The highest BCUT2D eigenvalue weighted by Crippen LogP contribution is 2.28. The van der Waals surface area contributed by atoms with Crippen molar-refractivity contribution in [3.8, 4) is 11.3 Å². The van der Waals surface area contributed by atoms with Crippen LogP contribution in [0.1, 0.15) is 18.4 Å². The van der Waals surface area contributed by atoms with Gasteiger partial charge in [-0.1, -0.05) is 0 Å². The third-order valence-corrected chi connectivity index (χ3v) is 5.33. The lowest BCUT2D eigenvalue weighted by Crippen LogP contribution is -2.22. The van der Waals surface area contributed by atoms with Crippen LogP contribution in [0.3, 0.4) is 0 Å². The monoisotopic (exact) mass is 417 g/mol. The van der Waals surface area contributed by atoms with E-state index in [0.29, 0.717) is 48.8 Å². The van der Waals surface area contributed by atoms with Gasteiger partial charge in [-0.2, -0.15) is 0 Å². The molecule has 0 bridgehead atoms. The minimum atomic E-state index is -0.419. The second kappa shape index (κ2) is 9.01. The number of fused-ring (bicyclic) bond motifs is 1. The fourth-order valence-corrected chi connectivity index (χ4v) is 3.56. The smallest absolute Gasteiger partial charge is 0.249 e. The summed E-state index contributed by atoms with van der Waals surface area (Å²) in [7, 11) is 0. The lowest BCUT2D eigenvalue weighted by atomic mass is 9.95. The number of amides is 1. The largest absolute Gasteiger partial charge is 0.383 e. The molecule has 0 aromatic carbocycles. The van der Waals surface area contributed by atoms with E-state index in [1.807, 2.05) is 19.1 Å². The Morgan fingerprint density at radius 2 is 2.00 bits per heavy atom. The number of aryl methyl sites for hydroxylation is 1. The maximum Gasteiger partial charge on any atom is 0.249 e. The van der Waals surface area contributed by atoms with Crippen LogP contribution in [0, 0.1) is 12.8 Å². The molecule has 0 spiro atoms. The molecule has 4 rings (SSSR count). The number of allylic oxidation sites excluding steroid dienone is 1. The van der Waals surface area contributed by atoms with Crippen LogP contribution in [0.4, 0.5) is 11.6 Å². The number of ketones is 1. The predicted octanol–water partition coefficient (Wildman–Crippen LogP) is 3.07. The van der Waals surface area contributed by atoms with Crippen molar-refractivity contribution in [1.82, 2.24) is 15.0 Å². The number of nitrogens with two attached hydrogens (primary N) is 1. The quantitative estimate of drug-likeness (QED) is 0.612. The molecule has 1 aliphatic heterocycles. The van der Waals surface area contributed by atoms with Crippen LogP contribution in [0.5, 0.6) is 0 Å². The van der Waals surface area contributed by atoms with Gasteiger partial charge in [0.05, 0.1) is 5.69 Å². The molecule has 1 amide bonds. The number of rotatable bonds is 5. The van der Waals surface area contributed by atoms with Crippen molar-refractivity contribution in [2.24, 2.45) is 5.92 Å². The molecule has 1 fully saturated rings. The number of carbonyl (C=O) groups excluding carboxylic acids is 2. The lowest BCUT2D eigenvalue weighted by Gasteiger charge is -2.19. The van der Waals surface area contributed by atoms with E-state index in [4.69, 9.17) is 10.5 Å². The van der Waals surface area contributed by atoms with Crippen LogP contribution in [0.2, 0.25) is 0 Å². The van der Waals surface area contributed by atoms with Crippen LogP contribution in [0.15, 0.2) is 48.9 Å². The van der Waals surface area contributed by atoms with Gasteiger partial charge < -0.3 is 15.8 Å². The van der Waals surface area contributed by atoms with Crippen LogP contribution in [0.25, 0.3) is 22.0 Å². The van der Waals surface area contributed by atoms with E-state index in [9.17, 15) is 9.59 Å². The van der Waals surface area contributed by atoms with Gasteiger partial charge in [-0.3, -0.25) is 14.6 Å². The molecule has 0 radical (unpaired) electrons. The van der Waals surface area contributed by atoms with Gasteiger partial charge in [0, 0.05) is 54.7 Å². The van der Waals surface area contributed by atoms with Crippen LogP contribution in [-0.4, -0.2) is 39.9 Å². The van der Waals surface area contributed by atoms with Gasteiger partial charge in [0.15, 0.2) is 5.78 Å². The van der Waals surface area contributed by atoms with Gasteiger partial charge in [-0.05, 0) is 55.0 Å². The SMILES string of the molecule is Cc1ccncc1-c1cc2cc(NC(=O)/C=C\C(=O)C3CCOCC3)ncc2c(N)n1. The van der Waals surface area contributed by atoms with Gasteiger partial charge in [-0.15, -0.1) is 0 Å². The molecule has 1 saturated heterocycles. The minimum absolute atomic E-state index is 0.0553. The summed E-state index contributed by atoms with van der Waals surface area (Å²) >= 11 is 0. The Labute approximate surface area is 179 Å². The van der Waals surface area contributed by atoms with Crippen molar-refractivity contribution in [3.63, 3.8) is 0 Å². The van der Waals surface area contributed by atoms with E-state index >= 15 is 0 Å². The normalized spacial score (nSPS) is 14.7. The molecule has 0 unspecified atom stereocenters. The Hall–Kier alpha value is -3.65. The molecular formula is C23H23N5O3. The van der Waals surface area contributed by atoms with Gasteiger partial charge in [-0.25, -0.2) is 9.97 Å². The number of hydrogen-bond acceptors (Lipinski definition) is 7. The molecule has 3 aromatic heterocycles. The van der Waals surface area contributed by atoms with E-state index in [-0.39, 0.29) is 11.7 Å². The number of anilines is 2. The molecule has 3 N–H and O–H groups in total. The van der Waals surface area contributed by atoms with Crippen LogP contribution >= 0.6 is 0 Å². The van der Waals surface area contributed by atoms with Crippen molar-refractivity contribution in [1.29, 1.82) is 0 Å². The van der Waals surface area contributed by atoms with Crippen molar-refractivity contribution < 1.29 is 14.3 Å². The molecular weight excluding hydrogens is 394 g/mol. The zero-order valence-electron chi connectivity index (χ0n) is 17.2. The lowest BCUT2D eigenvalue weighted by molar-refractivity contribution is -0.121. The zero-order valence-corrected chi connectivity index (χ0v) is 17.2. The summed E-state index contributed by atoms with van der Waals surface area (Å²) in [6, 6.07) is 5.52. The van der Waals surface area contributed by atoms with Crippen molar-refractivity contribution in [2.45, 2.75) is 19.8 Å². The number of hydrogen-bond donors (Lipinski definition) is 2. The van der Waals surface area contributed by atoms with Gasteiger partial charge in [0.2, 0.25) is 5.91 Å². The second-order valence-electron chi connectivity index (χ2n) is 7.49. The van der Waals surface area contributed by atoms with E-state index in [2.05, 4.69) is 20.3 Å². The first kappa shape index (κ1) is 20.6. The second-order valence-corrected chi connectivity index (χ2v) is 7.49. The number of aromatic nitrogens is 3. The highest BCUT2D eigenvalue weighted by atomic mass is 16.5. The third kappa shape index (κ3) is 4.75. The first-order valence-electron chi connectivity index (χ1n) is 10.1. The fraction of sp³-hybridized carbons (Fsp3) is 0.261. The Kier molecular flexibility index (Phi) is 5.99. The maximum atomic E-state index is 12.3. The van der Waals surface area contributed by atoms with E-state index in [1.165, 1.54) is 12.2 Å². The molecule has 1 aliphatic rings. The Bertz CT molecular complexity index is 1170. The average Bonchev–Trinajstić information content (AvgIpc) is 2.78. The van der Waals surface area contributed by atoms with Crippen molar-refractivity contribution in [3.05, 3.63) is 54.5 Å².